The van der Waals surface area contributed by atoms with Gasteiger partial charge in [0.2, 0.25) is 10.0 Å². The summed E-state index contributed by atoms with van der Waals surface area (Å²) in [7, 11) is -3.39. The second-order valence-corrected chi connectivity index (χ2v) is 7.86. The lowest BCUT2D eigenvalue weighted by Gasteiger charge is -2.33. The highest BCUT2D eigenvalue weighted by Crippen LogP contribution is 2.24. The van der Waals surface area contributed by atoms with Crippen LogP contribution in [0.5, 0.6) is 0 Å². The molecule has 1 aromatic rings. The van der Waals surface area contributed by atoms with Gasteiger partial charge in [-0.15, -0.1) is 0 Å². The van der Waals surface area contributed by atoms with Gasteiger partial charge in [0, 0.05) is 17.1 Å². The molecular formula is C14H21BrN2O2S. The van der Waals surface area contributed by atoms with E-state index in [1.54, 1.807) is 28.6 Å². The minimum atomic E-state index is -3.39. The number of halogens is 1. The fraction of sp³-hybridized carbons (Fsp3) is 0.571. The van der Waals surface area contributed by atoms with E-state index in [-0.39, 0.29) is 6.04 Å². The molecule has 0 spiro atoms. The first-order valence-corrected chi connectivity index (χ1v) is 9.27. The monoisotopic (exact) mass is 360 g/mol. The molecule has 20 heavy (non-hydrogen) atoms. The predicted molar refractivity (Wildman–Crippen MR) is 84.2 cm³/mol. The standard InChI is InChI=1S/C14H21BrN2O2S/c1-2-11-17(13-7-9-16-10-8-13)20(18,19)14-5-3-12(15)4-6-14/h3-6,13,16H,2,7-11H2,1H3. The van der Waals surface area contributed by atoms with E-state index in [0.717, 1.165) is 36.8 Å². The largest absolute Gasteiger partial charge is 0.317 e. The van der Waals surface area contributed by atoms with Gasteiger partial charge in [-0.05, 0) is 56.6 Å². The lowest BCUT2D eigenvalue weighted by molar-refractivity contribution is 0.262. The summed E-state index contributed by atoms with van der Waals surface area (Å²) in [5, 5.41) is 3.28. The Kier molecular flexibility index (Phi) is 5.60. The number of nitrogens with one attached hydrogen (secondary N) is 1. The van der Waals surface area contributed by atoms with E-state index < -0.39 is 10.0 Å². The molecule has 1 fully saturated rings. The van der Waals surface area contributed by atoms with Crippen molar-refractivity contribution in [1.82, 2.24) is 9.62 Å². The summed E-state index contributed by atoms with van der Waals surface area (Å²) in [4.78, 5) is 0.382. The third kappa shape index (κ3) is 3.61. The molecule has 1 aromatic carbocycles. The van der Waals surface area contributed by atoms with Crippen LogP contribution in [-0.2, 0) is 10.0 Å². The van der Waals surface area contributed by atoms with Crippen molar-refractivity contribution in [2.45, 2.75) is 37.1 Å². The summed E-state index contributed by atoms with van der Waals surface area (Å²) in [6.45, 7) is 4.38. The zero-order valence-electron chi connectivity index (χ0n) is 11.7. The molecule has 1 aliphatic rings. The van der Waals surface area contributed by atoms with E-state index in [1.807, 2.05) is 6.92 Å². The third-order valence-electron chi connectivity index (χ3n) is 3.58. The van der Waals surface area contributed by atoms with Crippen LogP contribution in [0.3, 0.4) is 0 Å². The van der Waals surface area contributed by atoms with Crippen molar-refractivity contribution in [3.8, 4) is 0 Å². The van der Waals surface area contributed by atoms with E-state index in [1.165, 1.54) is 0 Å². The molecular weight excluding hydrogens is 340 g/mol. The Morgan fingerprint density at radius 1 is 1.25 bits per heavy atom. The average Bonchev–Trinajstić information content (AvgIpc) is 2.46. The molecule has 0 amide bonds. The summed E-state index contributed by atoms with van der Waals surface area (Å²) >= 11 is 3.34. The second kappa shape index (κ2) is 7.02. The minimum Gasteiger partial charge on any atom is -0.317 e. The SMILES string of the molecule is CCCN(C1CCNCC1)S(=O)(=O)c1ccc(Br)cc1. The number of rotatable bonds is 5. The third-order valence-corrected chi connectivity index (χ3v) is 6.07. The first-order chi connectivity index (χ1) is 9.55. The smallest absolute Gasteiger partial charge is 0.243 e. The Hall–Kier alpha value is -0.430. The van der Waals surface area contributed by atoms with E-state index in [9.17, 15) is 8.42 Å². The molecule has 0 bridgehead atoms. The lowest BCUT2D eigenvalue weighted by atomic mass is 10.1. The number of nitrogens with zero attached hydrogens (tertiary/aromatic N) is 1. The molecule has 0 unspecified atom stereocenters. The van der Waals surface area contributed by atoms with Crippen molar-refractivity contribution in [3.63, 3.8) is 0 Å². The van der Waals surface area contributed by atoms with E-state index in [0.29, 0.717) is 11.4 Å². The highest BCUT2D eigenvalue weighted by Gasteiger charge is 2.31. The molecule has 6 heteroatoms. The molecule has 0 aliphatic carbocycles. The lowest BCUT2D eigenvalue weighted by Crippen LogP contribution is -2.46. The second-order valence-electron chi connectivity index (χ2n) is 5.05. The molecule has 2 rings (SSSR count). The average molecular weight is 361 g/mol. The summed E-state index contributed by atoms with van der Waals surface area (Å²) in [5.41, 5.74) is 0. The van der Waals surface area contributed by atoms with Gasteiger partial charge in [-0.25, -0.2) is 8.42 Å². The van der Waals surface area contributed by atoms with Crippen LogP contribution in [0.1, 0.15) is 26.2 Å². The number of hydrogen-bond donors (Lipinski definition) is 1. The molecule has 1 aliphatic heterocycles. The maximum atomic E-state index is 12.8. The molecule has 0 aromatic heterocycles. The Bertz CT molecular complexity index is 525. The molecule has 1 N–H and O–H groups in total. The van der Waals surface area contributed by atoms with Gasteiger partial charge < -0.3 is 5.32 Å². The van der Waals surface area contributed by atoms with E-state index >= 15 is 0 Å². The summed E-state index contributed by atoms with van der Waals surface area (Å²) < 4.78 is 28.2. The van der Waals surface area contributed by atoms with Gasteiger partial charge in [0.05, 0.1) is 4.90 Å². The van der Waals surface area contributed by atoms with Crippen molar-refractivity contribution >= 4 is 26.0 Å². The number of hydrogen-bond acceptors (Lipinski definition) is 3. The van der Waals surface area contributed by atoms with Gasteiger partial charge in [0.1, 0.15) is 0 Å². The fourth-order valence-electron chi connectivity index (χ4n) is 2.56. The first kappa shape index (κ1) is 15.9. The van der Waals surface area contributed by atoms with Crippen LogP contribution in [-0.4, -0.2) is 38.4 Å². The van der Waals surface area contributed by atoms with Crippen LogP contribution in [0.2, 0.25) is 0 Å². The van der Waals surface area contributed by atoms with Crippen molar-refractivity contribution < 1.29 is 8.42 Å². The van der Waals surface area contributed by atoms with Crippen molar-refractivity contribution in [2.75, 3.05) is 19.6 Å². The Labute approximate surface area is 129 Å². The maximum Gasteiger partial charge on any atom is 0.243 e. The predicted octanol–water partition coefficient (Wildman–Crippen LogP) is 2.60. The normalized spacial score (nSPS) is 17.6. The van der Waals surface area contributed by atoms with Gasteiger partial charge >= 0.3 is 0 Å². The van der Waals surface area contributed by atoms with Crippen LogP contribution in [0.25, 0.3) is 0 Å². The number of benzene rings is 1. The van der Waals surface area contributed by atoms with Gasteiger partial charge in [-0.2, -0.15) is 4.31 Å². The van der Waals surface area contributed by atoms with E-state index in [2.05, 4.69) is 21.2 Å². The van der Waals surface area contributed by atoms with Gasteiger partial charge in [0.25, 0.3) is 0 Å². The Morgan fingerprint density at radius 3 is 2.40 bits per heavy atom. The minimum absolute atomic E-state index is 0.116. The van der Waals surface area contributed by atoms with Crippen molar-refractivity contribution in [1.29, 1.82) is 0 Å². The highest BCUT2D eigenvalue weighted by molar-refractivity contribution is 9.10. The molecule has 0 radical (unpaired) electrons. The highest BCUT2D eigenvalue weighted by atomic mass is 79.9. The number of piperidine rings is 1. The molecule has 0 atom stereocenters. The van der Waals surface area contributed by atoms with Crippen LogP contribution in [0.15, 0.2) is 33.6 Å². The fourth-order valence-corrected chi connectivity index (χ4v) is 4.60. The van der Waals surface area contributed by atoms with Crippen LogP contribution in [0.4, 0.5) is 0 Å². The Balaban J connectivity index is 2.28. The van der Waals surface area contributed by atoms with Crippen LogP contribution in [0, 0.1) is 0 Å². The van der Waals surface area contributed by atoms with Gasteiger partial charge in [-0.3, -0.25) is 0 Å². The zero-order chi connectivity index (χ0) is 14.6. The van der Waals surface area contributed by atoms with Crippen molar-refractivity contribution in [2.24, 2.45) is 0 Å². The molecule has 1 heterocycles. The number of sulfonamides is 1. The molecule has 1 saturated heterocycles. The summed E-state index contributed by atoms with van der Waals surface area (Å²) in [5.74, 6) is 0. The van der Waals surface area contributed by atoms with Crippen LogP contribution < -0.4 is 5.32 Å². The molecule has 112 valence electrons. The topological polar surface area (TPSA) is 49.4 Å². The first-order valence-electron chi connectivity index (χ1n) is 7.04. The zero-order valence-corrected chi connectivity index (χ0v) is 14.1. The molecule has 0 saturated carbocycles. The summed E-state index contributed by atoms with van der Waals surface area (Å²) in [6, 6.07) is 7.01. The van der Waals surface area contributed by atoms with E-state index in [4.69, 9.17) is 0 Å². The summed E-state index contributed by atoms with van der Waals surface area (Å²) in [6.07, 6.45) is 2.60. The maximum absolute atomic E-state index is 12.8. The Morgan fingerprint density at radius 2 is 1.85 bits per heavy atom. The molecule has 4 nitrogen and oxygen atoms in total. The quantitative estimate of drug-likeness (QED) is 0.877. The van der Waals surface area contributed by atoms with Crippen LogP contribution >= 0.6 is 15.9 Å². The van der Waals surface area contributed by atoms with Gasteiger partial charge in [-0.1, -0.05) is 22.9 Å². The van der Waals surface area contributed by atoms with Gasteiger partial charge in [0.15, 0.2) is 0 Å². The van der Waals surface area contributed by atoms with Crippen molar-refractivity contribution in [3.05, 3.63) is 28.7 Å².